The Morgan fingerprint density at radius 3 is 2.87 bits per heavy atom. The highest BCUT2D eigenvalue weighted by molar-refractivity contribution is 7.89. The number of pyridine rings is 1. The largest absolute Gasteiger partial charge is 0.483 e. The van der Waals surface area contributed by atoms with Crippen molar-refractivity contribution in [2.75, 3.05) is 13.1 Å². The Bertz CT molecular complexity index is 762. The normalized spacial score (nSPS) is 22.3. The van der Waals surface area contributed by atoms with Crippen molar-refractivity contribution >= 4 is 10.0 Å². The van der Waals surface area contributed by atoms with E-state index in [1.807, 2.05) is 6.92 Å². The maximum atomic E-state index is 12.5. The molecule has 2 atom stereocenters. The highest BCUT2D eigenvalue weighted by Crippen LogP contribution is 2.23. The summed E-state index contributed by atoms with van der Waals surface area (Å²) < 4.78 is 33.6. The third-order valence-corrected chi connectivity index (χ3v) is 5.41. The summed E-state index contributed by atoms with van der Waals surface area (Å²) in [6.45, 7) is 2.70. The predicted octanol–water partition coefficient (Wildman–Crippen LogP) is 0.111. The first-order chi connectivity index (χ1) is 11.0. The van der Waals surface area contributed by atoms with Gasteiger partial charge in [0.05, 0.1) is 18.9 Å². The number of aliphatic hydroxyl groups is 1. The van der Waals surface area contributed by atoms with Gasteiger partial charge in [-0.1, -0.05) is 6.07 Å². The summed E-state index contributed by atoms with van der Waals surface area (Å²) in [4.78, 5) is 3.88. The van der Waals surface area contributed by atoms with Gasteiger partial charge in [0, 0.05) is 19.3 Å². The van der Waals surface area contributed by atoms with Gasteiger partial charge in [-0.25, -0.2) is 13.4 Å². The van der Waals surface area contributed by atoms with Gasteiger partial charge in [0.15, 0.2) is 10.8 Å². The van der Waals surface area contributed by atoms with E-state index in [-0.39, 0.29) is 18.1 Å². The Hall–Kier alpha value is -1.97. The van der Waals surface area contributed by atoms with Gasteiger partial charge < -0.3 is 9.84 Å². The maximum absolute atomic E-state index is 12.5. The molecule has 0 aromatic carbocycles. The van der Waals surface area contributed by atoms with E-state index in [9.17, 15) is 13.5 Å². The molecule has 23 heavy (non-hydrogen) atoms. The zero-order valence-corrected chi connectivity index (χ0v) is 13.4. The molecule has 124 valence electrons. The quantitative estimate of drug-likeness (QED) is 0.831. The number of sulfonamides is 1. The number of aliphatic hydroxyl groups excluding tert-OH is 1. The number of nitrogens with zero attached hydrogens (tertiary/aromatic N) is 4. The second-order valence-corrected chi connectivity index (χ2v) is 7.13. The van der Waals surface area contributed by atoms with Gasteiger partial charge in [-0.3, -0.25) is 4.68 Å². The van der Waals surface area contributed by atoms with Crippen LogP contribution in [-0.4, -0.2) is 57.9 Å². The molecule has 0 saturated carbocycles. The fourth-order valence-electron chi connectivity index (χ4n) is 2.42. The summed E-state index contributed by atoms with van der Waals surface area (Å²) >= 11 is 0. The van der Waals surface area contributed by atoms with Crippen molar-refractivity contribution in [3.8, 4) is 5.75 Å². The summed E-state index contributed by atoms with van der Waals surface area (Å²) in [7, 11) is -3.73. The van der Waals surface area contributed by atoms with E-state index in [2.05, 4.69) is 10.1 Å². The SMILES string of the molecule is CCn1cc(O[C@@H]2CN(S(=O)(=O)c3ccccn3)C[C@H]2O)cn1. The number of aryl methyl sites for hydroxylation is 1. The minimum absolute atomic E-state index is 0.0223. The van der Waals surface area contributed by atoms with Gasteiger partial charge in [0.25, 0.3) is 10.0 Å². The molecule has 1 aliphatic heterocycles. The lowest BCUT2D eigenvalue weighted by Gasteiger charge is -2.16. The first-order valence-corrected chi connectivity index (χ1v) is 8.73. The molecule has 0 bridgehead atoms. The Morgan fingerprint density at radius 1 is 1.39 bits per heavy atom. The van der Waals surface area contributed by atoms with Crippen LogP contribution in [0.3, 0.4) is 0 Å². The fraction of sp³-hybridized carbons (Fsp3) is 0.429. The van der Waals surface area contributed by atoms with E-state index < -0.39 is 22.2 Å². The van der Waals surface area contributed by atoms with Crippen LogP contribution in [0.15, 0.2) is 41.8 Å². The Labute approximate surface area is 134 Å². The molecule has 0 aliphatic carbocycles. The van der Waals surface area contributed by atoms with Crippen LogP contribution in [0.4, 0.5) is 0 Å². The zero-order chi connectivity index (χ0) is 16.4. The average molecular weight is 338 g/mol. The standard InChI is InChI=1S/C14H18N4O4S/c1-2-17-8-11(7-16-17)22-13-10-18(9-12(13)19)23(20,21)14-5-3-4-6-15-14/h3-8,12-13,19H,2,9-10H2,1H3/t12-,13-/m1/s1. The van der Waals surface area contributed by atoms with Gasteiger partial charge in [-0.15, -0.1) is 0 Å². The molecule has 1 N–H and O–H groups in total. The van der Waals surface area contributed by atoms with Crippen molar-refractivity contribution in [3.63, 3.8) is 0 Å². The molecule has 8 nitrogen and oxygen atoms in total. The van der Waals surface area contributed by atoms with E-state index in [0.29, 0.717) is 12.3 Å². The van der Waals surface area contributed by atoms with E-state index in [4.69, 9.17) is 4.74 Å². The smallest absolute Gasteiger partial charge is 0.260 e. The highest BCUT2D eigenvalue weighted by Gasteiger charge is 2.40. The number of β-amino-alcohol motifs (C(OH)–C–C–N with tert-alkyl or cyclic N) is 1. The van der Waals surface area contributed by atoms with E-state index >= 15 is 0 Å². The van der Waals surface area contributed by atoms with Crippen LogP contribution >= 0.6 is 0 Å². The molecule has 0 amide bonds. The van der Waals surface area contributed by atoms with E-state index in [1.54, 1.807) is 29.2 Å². The third-order valence-electron chi connectivity index (χ3n) is 3.67. The van der Waals surface area contributed by atoms with Gasteiger partial charge >= 0.3 is 0 Å². The van der Waals surface area contributed by atoms with Crippen molar-refractivity contribution in [2.24, 2.45) is 0 Å². The Kier molecular flexibility index (Phi) is 4.33. The maximum Gasteiger partial charge on any atom is 0.260 e. The van der Waals surface area contributed by atoms with Crippen molar-refractivity contribution in [1.29, 1.82) is 0 Å². The molecule has 3 rings (SSSR count). The number of aromatic nitrogens is 3. The average Bonchev–Trinajstić information content (AvgIpc) is 3.16. The lowest BCUT2D eigenvalue weighted by molar-refractivity contribution is 0.0736. The van der Waals surface area contributed by atoms with Crippen molar-refractivity contribution < 1.29 is 18.3 Å². The van der Waals surface area contributed by atoms with Crippen LogP contribution in [0.2, 0.25) is 0 Å². The van der Waals surface area contributed by atoms with Crippen LogP contribution in [0.5, 0.6) is 5.75 Å². The first-order valence-electron chi connectivity index (χ1n) is 7.29. The van der Waals surface area contributed by atoms with Crippen LogP contribution in [0.25, 0.3) is 0 Å². The van der Waals surface area contributed by atoms with E-state index in [0.717, 1.165) is 0 Å². The van der Waals surface area contributed by atoms with Crippen molar-refractivity contribution in [2.45, 2.75) is 30.7 Å². The molecular weight excluding hydrogens is 320 g/mol. The number of ether oxygens (including phenoxy) is 1. The highest BCUT2D eigenvalue weighted by atomic mass is 32.2. The number of rotatable bonds is 5. The molecule has 2 aromatic heterocycles. The first kappa shape index (κ1) is 15.9. The topological polar surface area (TPSA) is 97.6 Å². The molecule has 9 heteroatoms. The van der Waals surface area contributed by atoms with Gasteiger partial charge in [0.1, 0.15) is 12.2 Å². The molecule has 1 saturated heterocycles. The second kappa shape index (κ2) is 6.26. The number of hydrogen-bond donors (Lipinski definition) is 1. The Balaban J connectivity index is 1.73. The molecule has 0 spiro atoms. The van der Waals surface area contributed by atoms with E-state index in [1.165, 1.54) is 16.6 Å². The van der Waals surface area contributed by atoms with Crippen LogP contribution in [0.1, 0.15) is 6.92 Å². The minimum Gasteiger partial charge on any atom is -0.483 e. The summed E-state index contributed by atoms with van der Waals surface area (Å²) in [6.07, 6.45) is 3.14. The molecule has 0 unspecified atom stereocenters. The van der Waals surface area contributed by atoms with Gasteiger partial charge in [-0.2, -0.15) is 9.40 Å². The summed E-state index contributed by atoms with van der Waals surface area (Å²) in [5.74, 6) is 0.507. The summed E-state index contributed by atoms with van der Waals surface area (Å²) in [5.41, 5.74) is 0. The predicted molar refractivity (Wildman–Crippen MR) is 81.3 cm³/mol. The van der Waals surface area contributed by atoms with Crippen molar-refractivity contribution in [1.82, 2.24) is 19.1 Å². The lowest BCUT2D eigenvalue weighted by atomic mass is 10.3. The van der Waals surface area contributed by atoms with Crippen LogP contribution < -0.4 is 4.74 Å². The number of hydrogen-bond acceptors (Lipinski definition) is 6. The third kappa shape index (κ3) is 3.21. The fourth-order valence-corrected chi connectivity index (χ4v) is 3.82. The summed E-state index contributed by atoms with van der Waals surface area (Å²) in [5, 5.41) is 14.2. The molecule has 2 aromatic rings. The van der Waals surface area contributed by atoms with Gasteiger partial charge in [-0.05, 0) is 19.1 Å². The molecular formula is C14H18N4O4S. The second-order valence-electron chi connectivity index (χ2n) is 5.25. The molecule has 0 radical (unpaired) electrons. The lowest BCUT2D eigenvalue weighted by Crippen LogP contribution is -2.31. The van der Waals surface area contributed by atoms with Crippen LogP contribution in [0, 0.1) is 0 Å². The Morgan fingerprint density at radius 2 is 2.22 bits per heavy atom. The summed E-state index contributed by atoms with van der Waals surface area (Å²) in [6, 6.07) is 4.69. The molecule has 1 aliphatic rings. The van der Waals surface area contributed by atoms with Crippen LogP contribution in [-0.2, 0) is 16.6 Å². The molecule has 3 heterocycles. The van der Waals surface area contributed by atoms with Crippen molar-refractivity contribution in [3.05, 3.63) is 36.8 Å². The molecule has 1 fully saturated rings. The zero-order valence-electron chi connectivity index (χ0n) is 12.6. The minimum atomic E-state index is -3.73. The van der Waals surface area contributed by atoms with Gasteiger partial charge in [0.2, 0.25) is 0 Å². The monoisotopic (exact) mass is 338 g/mol.